The fraction of sp³-hybridized carbons (Fsp3) is 0.611. The number of hydrogen-bond donors (Lipinski definition) is 0. The molecular formula is C18H26N6O2. The van der Waals surface area contributed by atoms with Crippen molar-refractivity contribution in [3.05, 3.63) is 29.2 Å². The van der Waals surface area contributed by atoms with Gasteiger partial charge < -0.3 is 14.3 Å². The number of anilines is 1. The van der Waals surface area contributed by atoms with Crippen LogP contribution in [-0.4, -0.2) is 58.1 Å². The minimum atomic E-state index is -0.0406. The topological polar surface area (TPSA) is 88.3 Å². The summed E-state index contributed by atoms with van der Waals surface area (Å²) in [7, 11) is 3.75. The van der Waals surface area contributed by atoms with Crippen LogP contribution in [0.5, 0.6) is 0 Å². The van der Waals surface area contributed by atoms with Crippen molar-refractivity contribution in [2.45, 2.75) is 45.4 Å². The standard InChI is InChI=1S/C18H26N6O2/c1-11(2)15-21-16(26-22-15)13-7-6-8-24(10-13)17(25)14-9-19-18(23(4)5)20-12(14)3/h9,11,13H,6-8,10H2,1-5H3/t13-/m1/s1. The zero-order chi connectivity index (χ0) is 18.8. The molecule has 0 radical (unpaired) electrons. The number of piperidine rings is 1. The maximum Gasteiger partial charge on any atom is 0.257 e. The van der Waals surface area contributed by atoms with Gasteiger partial charge in [0.05, 0.1) is 17.2 Å². The Labute approximate surface area is 153 Å². The van der Waals surface area contributed by atoms with Crippen molar-refractivity contribution in [3.8, 4) is 0 Å². The molecular weight excluding hydrogens is 332 g/mol. The molecule has 1 aliphatic rings. The van der Waals surface area contributed by atoms with Gasteiger partial charge in [0.1, 0.15) is 0 Å². The summed E-state index contributed by atoms with van der Waals surface area (Å²) in [6, 6.07) is 0. The highest BCUT2D eigenvalue weighted by atomic mass is 16.5. The molecule has 1 saturated heterocycles. The third kappa shape index (κ3) is 3.68. The van der Waals surface area contributed by atoms with Crippen molar-refractivity contribution in [2.24, 2.45) is 0 Å². The van der Waals surface area contributed by atoms with Gasteiger partial charge in [-0.05, 0) is 19.8 Å². The summed E-state index contributed by atoms with van der Waals surface area (Å²) in [5.74, 6) is 2.21. The molecule has 0 aliphatic carbocycles. The normalized spacial score (nSPS) is 17.6. The SMILES string of the molecule is Cc1nc(N(C)C)ncc1C(=O)N1CCC[C@@H](c2nc(C(C)C)no2)C1. The van der Waals surface area contributed by atoms with E-state index < -0.39 is 0 Å². The Morgan fingerprint density at radius 3 is 2.73 bits per heavy atom. The van der Waals surface area contributed by atoms with Gasteiger partial charge in [-0.25, -0.2) is 9.97 Å². The monoisotopic (exact) mass is 358 g/mol. The lowest BCUT2D eigenvalue weighted by molar-refractivity contribution is 0.0694. The summed E-state index contributed by atoms with van der Waals surface area (Å²) in [5.41, 5.74) is 1.24. The first kappa shape index (κ1) is 18.3. The minimum Gasteiger partial charge on any atom is -0.347 e. The van der Waals surface area contributed by atoms with Gasteiger partial charge in [-0.3, -0.25) is 4.79 Å². The van der Waals surface area contributed by atoms with Crippen molar-refractivity contribution in [2.75, 3.05) is 32.1 Å². The summed E-state index contributed by atoms with van der Waals surface area (Å²) in [4.78, 5) is 29.8. The second kappa shape index (κ2) is 7.39. The molecule has 8 heteroatoms. The maximum atomic E-state index is 13.0. The van der Waals surface area contributed by atoms with Crippen LogP contribution in [0, 0.1) is 6.92 Å². The Bertz CT molecular complexity index is 786. The third-order valence-corrected chi connectivity index (χ3v) is 4.63. The van der Waals surface area contributed by atoms with E-state index in [1.807, 2.05) is 44.7 Å². The molecule has 2 aromatic rings. The summed E-state index contributed by atoms with van der Waals surface area (Å²) in [6.45, 7) is 7.20. The van der Waals surface area contributed by atoms with E-state index in [-0.39, 0.29) is 17.7 Å². The molecule has 0 N–H and O–H groups in total. The second-order valence-electron chi connectivity index (χ2n) is 7.30. The van der Waals surface area contributed by atoms with Gasteiger partial charge >= 0.3 is 0 Å². The predicted molar refractivity (Wildman–Crippen MR) is 97.4 cm³/mol. The number of rotatable bonds is 4. The lowest BCUT2D eigenvalue weighted by Crippen LogP contribution is -2.39. The van der Waals surface area contributed by atoms with Crippen LogP contribution in [0.15, 0.2) is 10.7 Å². The van der Waals surface area contributed by atoms with Crippen LogP contribution in [0.3, 0.4) is 0 Å². The average Bonchev–Trinajstić information content (AvgIpc) is 3.11. The predicted octanol–water partition coefficient (Wildman–Crippen LogP) is 2.38. The first-order valence-corrected chi connectivity index (χ1v) is 9.00. The van der Waals surface area contributed by atoms with Crippen LogP contribution < -0.4 is 4.90 Å². The van der Waals surface area contributed by atoms with Crippen molar-refractivity contribution >= 4 is 11.9 Å². The van der Waals surface area contributed by atoms with E-state index >= 15 is 0 Å². The molecule has 1 amide bonds. The molecule has 0 saturated carbocycles. The average molecular weight is 358 g/mol. The fourth-order valence-electron chi connectivity index (χ4n) is 3.06. The van der Waals surface area contributed by atoms with Gasteiger partial charge in [0, 0.05) is 39.3 Å². The van der Waals surface area contributed by atoms with Crippen LogP contribution in [0.4, 0.5) is 5.95 Å². The Balaban J connectivity index is 1.75. The molecule has 1 fully saturated rings. The summed E-state index contributed by atoms with van der Waals surface area (Å²) in [5, 5.41) is 4.05. The molecule has 3 heterocycles. The van der Waals surface area contributed by atoms with E-state index in [0.29, 0.717) is 35.5 Å². The number of nitrogens with zero attached hydrogens (tertiary/aromatic N) is 6. The Morgan fingerprint density at radius 1 is 1.35 bits per heavy atom. The van der Waals surface area contributed by atoms with Crippen molar-refractivity contribution in [3.63, 3.8) is 0 Å². The lowest BCUT2D eigenvalue weighted by atomic mass is 9.97. The van der Waals surface area contributed by atoms with Crippen LogP contribution in [-0.2, 0) is 0 Å². The highest BCUT2D eigenvalue weighted by Crippen LogP contribution is 2.28. The third-order valence-electron chi connectivity index (χ3n) is 4.63. The first-order valence-electron chi connectivity index (χ1n) is 9.00. The number of hydrogen-bond acceptors (Lipinski definition) is 7. The Hall–Kier alpha value is -2.51. The molecule has 140 valence electrons. The van der Waals surface area contributed by atoms with E-state index in [9.17, 15) is 4.79 Å². The molecule has 0 unspecified atom stereocenters. The zero-order valence-corrected chi connectivity index (χ0v) is 16.1. The molecule has 0 bridgehead atoms. The van der Waals surface area contributed by atoms with Crippen LogP contribution in [0.2, 0.25) is 0 Å². The highest BCUT2D eigenvalue weighted by molar-refractivity contribution is 5.95. The molecule has 0 aromatic carbocycles. The maximum absolute atomic E-state index is 13.0. The largest absolute Gasteiger partial charge is 0.347 e. The van der Waals surface area contributed by atoms with Crippen LogP contribution >= 0.6 is 0 Å². The first-order chi connectivity index (χ1) is 12.4. The summed E-state index contributed by atoms with van der Waals surface area (Å²) >= 11 is 0. The fourth-order valence-corrected chi connectivity index (χ4v) is 3.06. The van der Waals surface area contributed by atoms with Gasteiger partial charge in [0.25, 0.3) is 5.91 Å². The number of aryl methyl sites for hydroxylation is 1. The van der Waals surface area contributed by atoms with Gasteiger partial charge in [-0.1, -0.05) is 19.0 Å². The summed E-state index contributed by atoms with van der Waals surface area (Å²) < 4.78 is 5.44. The van der Waals surface area contributed by atoms with Crippen LogP contribution in [0.1, 0.15) is 66.3 Å². The van der Waals surface area contributed by atoms with E-state index in [1.54, 1.807) is 6.20 Å². The Kier molecular flexibility index (Phi) is 5.20. The molecule has 2 aromatic heterocycles. The number of carbonyl (C=O) groups excluding carboxylic acids is 1. The van der Waals surface area contributed by atoms with Crippen molar-refractivity contribution < 1.29 is 9.32 Å². The van der Waals surface area contributed by atoms with E-state index in [2.05, 4.69) is 20.1 Å². The Morgan fingerprint density at radius 2 is 2.12 bits per heavy atom. The number of carbonyl (C=O) groups is 1. The number of amides is 1. The zero-order valence-electron chi connectivity index (χ0n) is 16.1. The molecule has 1 aliphatic heterocycles. The van der Waals surface area contributed by atoms with Crippen molar-refractivity contribution in [1.29, 1.82) is 0 Å². The van der Waals surface area contributed by atoms with Gasteiger partial charge in [0.15, 0.2) is 5.82 Å². The van der Waals surface area contributed by atoms with E-state index in [1.165, 1.54) is 0 Å². The van der Waals surface area contributed by atoms with Crippen molar-refractivity contribution in [1.82, 2.24) is 25.0 Å². The second-order valence-corrected chi connectivity index (χ2v) is 7.30. The van der Waals surface area contributed by atoms with Gasteiger partial charge in [-0.15, -0.1) is 0 Å². The molecule has 0 spiro atoms. The molecule has 8 nitrogen and oxygen atoms in total. The quantitative estimate of drug-likeness (QED) is 0.829. The van der Waals surface area contributed by atoms with E-state index in [4.69, 9.17) is 4.52 Å². The lowest BCUT2D eigenvalue weighted by Gasteiger charge is -2.31. The number of aromatic nitrogens is 4. The van der Waals surface area contributed by atoms with Gasteiger partial charge in [-0.2, -0.15) is 4.98 Å². The highest BCUT2D eigenvalue weighted by Gasteiger charge is 2.30. The van der Waals surface area contributed by atoms with Gasteiger partial charge in [0.2, 0.25) is 11.8 Å². The molecule has 3 rings (SSSR count). The minimum absolute atomic E-state index is 0.0406. The molecule has 26 heavy (non-hydrogen) atoms. The van der Waals surface area contributed by atoms with Crippen LogP contribution in [0.25, 0.3) is 0 Å². The summed E-state index contributed by atoms with van der Waals surface area (Å²) in [6.07, 6.45) is 3.47. The smallest absolute Gasteiger partial charge is 0.257 e. The molecule has 1 atom stereocenters. The van der Waals surface area contributed by atoms with E-state index in [0.717, 1.165) is 19.4 Å². The number of likely N-dealkylation sites (tertiary alicyclic amines) is 1.